The molecule has 19 heavy (non-hydrogen) atoms. The standard InChI is InChI=1S/C15H22N2O2/c1-10(15(2,3)19)16-12-6-8-13(9-7-12)17-14(18)11-4-5-11/h6-11,16,19H,4-5H2,1-3H3,(H,17,18). The molecule has 0 spiro atoms. The summed E-state index contributed by atoms with van der Waals surface area (Å²) in [5, 5.41) is 16.0. The van der Waals surface area contributed by atoms with Crippen molar-refractivity contribution in [2.24, 2.45) is 5.92 Å². The molecule has 1 amide bonds. The molecule has 1 aromatic rings. The Morgan fingerprint density at radius 1 is 1.26 bits per heavy atom. The molecule has 1 aliphatic rings. The van der Waals surface area contributed by atoms with Gasteiger partial charge in [0, 0.05) is 17.3 Å². The number of benzene rings is 1. The number of amides is 1. The zero-order valence-electron chi connectivity index (χ0n) is 11.7. The van der Waals surface area contributed by atoms with E-state index in [1.165, 1.54) is 0 Å². The van der Waals surface area contributed by atoms with Gasteiger partial charge in [-0.25, -0.2) is 0 Å². The lowest BCUT2D eigenvalue weighted by atomic mass is 10.0. The summed E-state index contributed by atoms with van der Waals surface area (Å²) in [4.78, 5) is 11.6. The van der Waals surface area contributed by atoms with Crippen LogP contribution >= 0.6 is 0 Å². The summed E-state index contributed by atoms with van der Waals surface area (Å²) in [6.07, 6.45) is 2.02. The van der Waals surface area contributed by atoms with Crippen molar-refractivity contribution in [1.29, 1.82) is 0 Å². The van der Waals surface area contributed by atoms with Crippen LogP contribution in [-0.4, -0.2) is 22.7 Å². The minimum Gasteiger partial charge on any atom is -0.388 e. The van der Waals surface area contributed by atoms with E-state index in [0.29, 0.717) is 0 Å². The summed E-state index contributed by atoms with van der Waals surface area (Å²) in [5.41, 5.74) is 0.969. The first-order valence-corrected chi connectivity index (χ1v) is 6.76. The zero-order chi connectivity index (χ0) is 14.0. The Bertz CT molecular complexity index is 444. The van der Waals surface area contributed by atoms with Crippen LogP contribution in [0.15, 0.2) is 24.3 Å². The van der Waals surface area contributed by atoms with Gasteiger partial charge < -0.3 is 15.7 Å². The van der Waals surface area contributed by atoms with E-state index in [2.05, 4.69) is 10.6 Å². The molecule has 0 aliphatic heterocycles. The van der Waals surface area contributed by atoms with Crippen molar-refractivity contribution >= 4 is 17.3 Å². The number of nitrogens with one attached hydrogen (secondary N) is 2. The molecule has 1 unspecified atom stereocenters. The van der Waals surface area contributed by atoms with Crippen molar-refractivity contribution in [3.63, 3.8) is 0 Å². The minimum absolute atomic E-state index is 0.0561. The number of rotatable bonds is 5. The average molecular weight is 262 g/mol. The van der Waals surface area contributed by atoms with Crippen molar-refractivity contribution in [1.82, 2.24) is 0 Å². The van der Waals surface area contributed by atoms with Gasteiger partial charge >= 0.3 is 0 Å². The summed E-state index contributed by atoms with van der Waals surface area (Å²) >= 11 is 0. The quantitative estimate of drug-likeness (QED) is 0.764. The Hall–Kier alpha value is -1.55. The maximum atomic E-state index is 11.6. The lowest BCUT2D eigenvalue weighted by Crippen LogP contribution is -2.39. The van der Waals surface area contributed by atoms with Gasteiger partial charge in [0.15, 0.2) is 0 Å². The molecule has 0 heterocycles. The van der Waals surface area contributed by atoms with Crippen molar-refractivity contribution in [2.75, 3.05) is 10.6 Å². The van der Waals surface area contributed by atoms with E-state index < -0.39 is 5.60 Å². The van der Waals surface area contributed by atoms with Gasteiger partial charge in [0.05, 0.1) is 11.6 Å². The largest absolute Gasteiger partial charge is 0.388 e. The molecule has 0 saturated heterocycles. The first-order chi connectivity index (χ1) is 8.86. The Morgan fingerprint density at radius 3 is 2.26 bits per heavy atom. The van der Waals surface area contributed by atoms with Gasteiger partial charge in [-0.1, -0.05) is 0 Å². The van der Waals surface area contributed by atoms with E-state index in [-0.39, 0.29) is 17.9 Å². The number of anilines is 2. The molecule has 2 rings (SSSR count). The number of hydrogen-bond acceptors (Lipinski definition) is 3. The Morgan fingerprint density at radius 2 is 1.79 bits per heavy atom. The average Bonchev–Trinajstić information content (AvgIpc) is 3.14. The van der Waals surface area contributed by atoms with Gasteiger partial charge in [0.25, 0.3) is 0 Å². The third-order valence-corrected chi connectivity index (χ3v) is 3.54. The monoisotopic (exact) mass is 262 g/mol. The van der Waals surface area contributed by atoms with E-state index in [9.17, 15) is 9.90 Å². The molecular formula is C15H22N2O2. The first kappa shape index (κ1) is 13.9. The SMILES string of the molecule is CC(Nc1ccc(NC(=O)C2CC2)cc1)C(C)(C)O. The highest BCUT2D eigenvalue weighted by Gasteiger charge is 2.29. The fourth-order valence-electron chi connectivity index (χ4n) is 1.67. The molecule has 0 radical (unpaired) electrons. The van der Waals surface area contributed by atoms with Crippen LogP contribution in [-0.2, 0) is 4.79 Å². The zero-order valence-corrected chi connectivity index (χ0v) is 11.7. The lowest BCUT2D eigenvalue weighted by molar-refractivity contribution is -0.117. The molecular weight excluding hydrogens is 240 g/mol. The van der Waals surface area contributed by atoms with E-state index in [0.717, 1.165) is 24.2 Å². The van der Waals surface area contributed by atoms with Crippen LogP contribution in [0.2, 0.25) is 0 Å². The molecule has 1 saturated carbocycles. The van der Waals surface area contributed by atoms with E-state index in [1.807, 2.05) is 31.2 Å². The Kier molecular flexibility index (Phi) is 3.80. The van der Waals surface area contributed by atoms with Crippen molar-refractivity contribution in [3.8, 4) is 0 Å². The van der Waals surface area contributed by atoms with Crippen LogP contribution in [0.5, 0.6) is 0 Å². The van der Waals surface area contributed by atoms with Gasteiger partial charge in [0.2, 0.25) is 5.91 Å². The van der Waals surface area contributed by atoms with E-state index in [4.69, 9.17) is 0 Å². The maximum absolute atomic E-state index is 11.6. The van der Waals surface area contributed by atoms with Crippen LogP contribution in [0.25, 0.3) is 0 Å². The third-order valence-electron chi connectivity index (χ3n) is 3.54. The molecule has 4 nitrogen and oxygen atoms in total. The third kappa shape index (κ3) is 3.96. The van der Waals surface area contributed by atoms with E-state index in [1.54, 1.807) is 13.8 Å². The van der Waals surface area contributed by atoms with E-state index >= 15 is 0 Å². The normalized spacial score (nSPS) is 16.8. The second kappa shape index (κ2) is 5.21. The summed E-state index contributed by atoms with van der Waals surface area (Å²) in [5.74, 6) is 0.332. The van der Waals surface area contributed by atoms with Gasteiger partial charge in [-0.05, 0) is 57.9 Å². The predicted molar refractivity (Wildman–Crippen MR) is 77.2 cm³/mol. The molecule has 104 valence electrons. The lowest BCUT2D eigenvalue weighted by Gasteiger charge is -2.27. The van der Waals surface area contributed by atoms with Gasteiger partial charge in [0.1, 0.15) is 0 Å². The molecule has 1 aliphatic carbocycles. The molecule has 1 fully saturated rings. The summed E-state index contributed by atoms with van der Waals surface area (Å²) in [6.45, 7) is 5.48. The molecule has 0 aromatic heterocycles. The smallest absolute Gasteiger partial charge is 0.227 e. The predicted octanol–water partition coefficient (Wildman–Crippen LogP) is 2.61. The highest BCUT2D eigenvalue weighted by atomic mass is 16.3. The highest BCUT2D eigenvalue weighted by Crippen LogP contribution is 2.30. The van der Waals surface area contributed by atoms with Crippen molar-refractivity contribution in [3.05, 3.63) is 24.3 Å². The second-order valence-electron chi connectivity index (χ2n) is 5.86. The summed E-state index contributed by atoms with van der Waals surface area (Å²) < 4.78 is 0. The molecule has 4 heteroatoms. The van der Waals surface area contributed by atoms with Gasteiger partial charge in [-0.3, -0.25) is 4.79 Å². The second-order valence-corrected chi connectivity index (χ2v) is 5.86. The molecule has 1 aromatic carbocycles. The van der Waals surface area contributed by atoms with Gasteiger partial charge in [-0.2, -0.15) is 0 Å². The summed E-state index contributed by atoms with van der Waals surface area (Å²) in [7, 11) is 0. The molecule has 3 N–H and O–H groups in total. The number of aliphatic hydroxyl groups is 1. The van der Waals surface area contributed by atoms with Crippen LogP contribution in [0, 0.1) is 5.92 Å². The van der Waals surface area contributed by atoms with Gasteiger partial charge in [-0.15, -0.1) is 0 Å². The number of carbonyl (C=O) groups excluding carboxylic acids is 1. The summed E-state index contributed by atoms with van der Waals surface area (Å²) in [6, 6.07) is 7.51. The fourth-order valence-corrected chi connectivity index (χ4v) is 1.67. The number of hydrogen-bond donors (Lipinski definition) is 3. The first-order valence-electron chi connectivity index (χ1n) is 6.76. The van der Waals surface area contributed by atoms with Crippen LogP contribution in [0.1, 0.15) is 33.6 Å². The Balaban J connectivity index is 1.92. The van der Waals surface area contributed by atoms with Crippen LogP contribution < -0.4 is 10.6 Å². The highest BCUT2D eigenvalue weighted by molar-refractivity contribution is 5.94. The van der Waals surface area contributed by atoms with Crippen LogP contribution in [0.3, 0.4) is 0 Å². The molecule has 1 atom stereocenters. The maximum Gasteiger partial charge on any atom is 0.227 e. The van der Waals surface area contributed by atoms with Crippen LogP contribution in [0.4, 0.5) is 11.4 Å². The topological polar surface area (TPSA) is 61.4 Å². The Labute approximate surface area is 114 Å². The molecule has 0 bridgehead atoms. The minimum atomic E-state index is -0.779. The number of carbonyl (C=O) groups is 1. The van der Waals surface area contributed by atoms with Crippen molar-refractivity contribution in [2.45, 2.75) is 45.3 Å². The fraction of sp³-hybridized carbons (Fsp3) is 0.533. The van der Waals surface area contributed by atoms with Crippen molar-refractivity contribution < 1.29 is 9.90 Å².